The molecule has 0 aliphatic heterocycles. The summed E-state index contributed by atoms with van der Waals surface area (Å²) in [6.45, 7) is 0. The first-order chi connectivity index (χ1) is 10.8. The number of amidine groups is 1. The molecule has 0 bridgehead atoms. The lowest BCUT2D eigenvalue weighted by atomic mass is 10.2. The smallest absolute Gasteiger partial charge is 0.258 e. The quantitative estimate of drug-likeness (QED) is 0.453. The summed E-state index contributed by atoms with van der Waals surface area (Å²) in [6.07, 6.45) is 0. The van der Waals surface area contributed by atoms with Gasteiger partial charge in [-0.05, 0) is 24.3 Å². The second-order valence-electron chi connectivity index (χ2n) is 4.57. The van der Waals surface area contributed by atoms with E-state index in [1.165, 1.54) is 0 Å². The number of alkyl halides is 1. The van der Waals surface area contributed by atoms with E-state index in [9.17, 15) is 0 Å². The fourth-order valence-electron chi connectivity index (χ4n) is 1.92. The van der Waals surface area contributed by atoms with Crippen molar-refractivity contribution < 1.29 is 4.52 Å². The van der Waals surface area contributed by atoms with E-state index in [0.29, 0.717) is 17.6 Å². The van der Waals surface area contributed by atoms with E-state index in [0.717, 1.165) is 16.8 Å². The summed E-state index contributed by atoms with van der Waals surface area (Å²) in [4.78, 5) is 8.56. The maximum atomic E-state index is 5.60. The van der Waals surface area contributed by atoms with Crippen molar-refractivity contribution >= 4 is 23.1 Å². The highest BCUT2D eigenvalue weighted by Gasteiger charge is 2.10. The molecule has 0 saturated carbocycles. The van der Waals surface area contributed by atoms with Crippen molar-refractivity contribution in [1.29, 1.82) is 0 Å². The van der Waals surface area contributed by atoms with Gasteiger partial charge in [0.25, 0.3) is 5.89 Å². The molecule has 0 fully saturated rings. The summed E-state index contributed by atoms with van der Waals surface area (Å²) in [6, 6.07) is 17.0. The van der Waals surface area contributed by atoms with Crippen molar-refractivity contribution in [1.82, 2.24) is 10.1 Å². The summed E-state index contributed by atoms with van der Waals surface area (Å²) >= 11 is 5.60. The van der Waals surface area contributed by atoms with Gasteiger partial charge in [-0.25, -0.2) is 4.99 Å². The molecule has 2 aromatic carbocycles. The van der Waals surface area contributed by atoms with Gasteiger partial charge in [-0.1, -0.05) is 35.5 Å². The third-order valence-electron chi connectivity index (χ3n) is 2.98. The van der Waals surface area contributed by atoms with Crippen LogP contribution in [0, 0.1) is 0 Å². The highest BCUT2D eigenvalue weighted by atomic mass is 35.5. The molecule has 110 valence electrons. The van der Waals surface area contributed by atoms with Crippen LogP contribution in [-0.4, -0.2) is 21.9 Å². The third-order valence-corrected chi connectivity index (χ3v) is 3.26. The summed E-state index contributed by atoms with van der Waals surface area (Å²) in [5.41, 5.74) is 8.05. The average Bonchev–Trinajstić information content (AvgIpc) is 3.06. The van der Waals surface area contributed by atoms with Gasteiger partial charge in [0.15, 0.2) is 0 Å². The molecule has 0 aliphatic carbocycles. The van der Waals surface area contributed by atoms with Crippen molar-refractivity contribution in [3.05, 3.63) is 54.6 Å². The van der Waals surface area contributed by atoms with Gasteiger partial charge in [-0.15, -0.1) is 11.6 Å². The zero-order chi connectivity index (χ0) is 15.4. The highest BCUT2D eigenvalue weighted by Crippen LogP contribution is 2.24. The fraction of sp³-hybridized carbons (Fsp3) is 0.0625. The monoisotopic (exact) mass is 312 g/mol. The van der Waals surface area contributed by atoms with Crippen molar-refractivity contribution in [3.8, 4) is 22.8 Å². The van der Waals surface area contributed by atoms with Crippen molar-refractivity contribution in [3.63, 3.8) is 0 Å². The Labute approximate surface area is 132 Å². The molecule has 0 amide bonds. The average molecular weight is 313 g/mol. The van der Waals surface area contributed by atoms with Crippen LogP contribution >= 0.6 is 11.6 Å². The van der Waals surface area contributed by atoms with E-state index in [1.807, 2.05) is 54.6 Å². The van der Waals surface area contributed by atoms with Crippen LogP contribution in [0.15, 0.2) is 64.1 Å². The molecule has 2 N–H and O–H groups in total. The fourth-order valence-corrected chi connectivity index (χ4v) is 1.98. The lowest BCUT2D eigenvalue weighted by Gasteiger charge is -1.98. The van der Waals surface area contributed by atoms with Gasteiger partial charge in [0.2, 0.25) is 5.82 Å². The van der Waals surface area contributed by atoms with E-state index < -0.39 is 0 Å². The topological polar surface area (TPSA) is 77.3 Å². The Morgan fingerprint density at radius 3 is 2.45 bits per heavy atom. The zero-order valence-corrected chi connectivity index (χ0v) is 12.4. The van der Waals surface area contributed by atoms with Crippen LogP contribution in [0.3, 0.4) is 0 Å². The van der Waals surface area contributed by atoms with Gasteiger partial charge >= 0.3 is 0 Å². The minimum atomic E-state index is 0.200. The zero-order valence-electron chi connectivity index (χ0n) is 11.6. The van der Waals surface area contributed by atoms with E-state index in [1.54, 1.807) is 0 Å². The number of hydrogen-bond acceptors (Lipinski definition) is 4. The third kappa shape index (κ3) is 3.15. The Bertz CT molecular complexity index is 781. The molecule has 3 rings (SSSR count). The van der Waals surface area contributed by atoms with Crippen LogP contribution in [0.1, 0.15) is 0 Å². The number of nitrogens with two attached hydrogens (primary N) is 1. The number of rotatable bonds is 4. The molecule has 0 radical (unpaired) electrons. The molecule has 0 atom stereocenters. The molecular weight excluding hydrogens is 300 g/mol. The van der Waals surface area contributed by atoms with Crippen LogP contribution in [-0.2, 0) is 0 Å². The summed E-state index contributed by atoms with van der Waals surface area (Å²) in [7, 11) is 0. The molecule has 0 aliphatic rings. The summed E-state index contributed by atoms with van der Waals surface area (Å²) in [5.74, 6) is 1.59. The molecule has 0 saturated heterocycles. The van der Waals surface area contributed by atoms with E-state index in [2.05, 4.69) is 15.1 Å². The Kier molecular flexibility index (Phi) is 4.16. The Morgan fingerprint density at radius 1 is 1.05 bits per heavy atom. The van der Waals surface area contributed by atoms with Gasteiger partial charge in [0, 0.05) is 11.1 Å². The molecule has 1 aromatic heterocycles. The molecule has 5 nitrogen and oxygen atoms in total. The van der Waals surface area contributed by atoms with Crippen LogP contribution in [0.2, 0.25) is 0 Å². The molecule has 1 heterocycles. The second kappa shape index (κ2) is 6.41. The van der Waals surface area contributed by atoms with Crippen LogP contribution in [0.25, 0.3) is 22.8 Å². The predicted molar refractivity (Wildman–Crippen MR) is 87.2 cm³/mol. The first kappa shape index (κ1) is 14.3. The van der Waals surface area contributed by atoms with Gasteiger partial charge in [-0.3, -0.25) is 0 Å². The Morgan fingerprint density at radius 2 is 1.77 bits per heavy atom. The normalized spacial score (nSPS) is 11.6. The summed E-state index contributed by atoms with van der Waals surface area (Å²) in [5, 5.41) is 4.00. The second-order valence-corrected chi connectivity index (χ2v) is 4.84. The summed E-state index contributed by atoms with van der Waals surface area (Å²) < 4.78 is 5.30. The number of benzene rings is 2. The highest BCUT2D eigenvalue weighted by molar-refractivity contribution is 6.28. The molecule has 22 heavy (non-hydrogen) atoms. The predicted octanol–water partition coefficient (Wildman–Crippen LogP) is 3.63. The van der Waals surface area contributed by atoms with Gasteiger partial charge in [-0.2, -0.15) is 4.98 Å². The van der Waals surface area contributed by atoms with E-state index in [4.69, 9.17) is 21.9 Å². The maximum absolute atomic E-state index is 5.60. The van der Waals surface area contributed by atoms with Gasteiger partial charge < -0.3 is 10.3 Å². The first-order valence-corrected chi connectivity index (χ1v) is 7.18. The van der Waals surface area contributed by atoms with E-state index in [-0.39, 0.29) is 5.88 Å². The Hall–Kier alpha value is -2.66. The van der Waals surface area contributed by atoms with Crippen molar-refractivity contribution in [2.45, 2.75) is 0 Å². The molecule has 0 unspecified atom stereocenters. The largest absolute Gasteiger partial charge is 0.386 e. The van der Waals surface area contributed by atoms with E-state index >= 15 is 0 Å². The van der Waals surface area contributed by atoms with Gasteiger partial charge in [0.05, 0.1) is 11.6 Å². The van der Waals surface area contributed by atoms with Crippen molar-refractivity contribution in [2.24, 2.45) is 10.7 Å². The van der Waals surface area contributed by atoms with Gasteiger partial charge in [0.1, 0.15) is 5.84 Å². The lowest BCUT2D eigenvalue weighted by Crippen LogP contribution is -2.12. The number of aliphatic imine (C=N–C) groups is 1. The molecule has 6 heteroatoms. The molecule has 0 spiro atoms. The standard InChI is InChI=1S/C16H13ClN4O/c17-10-14(18)19-13-8-6-12(7-9-13)16-20-15(21-22-16)11-4-2-1-3-5-11/h1-9H,10H2,(H2,18,19). The molecular formula is C16H13ClN4O. The van der Waals surface area contributed by atoms with Crippen LogP contribution in [0.4, 0.5) is 5.69 Å². The maximum Gasteiger partial charge on any atom is 0.258 e. The van der Waals surface area contributed by atoms with Crippen molar-refractivity contribution in [2.75, 3.05) is 5.88 Å². The van der Waals surface area contributed by atoms with Crippen LogP contribution in [0.5, 0.6) is 0 Å². The molecule has 3 aromatic rings. The minimum Gasteiger partial charge on any atom is -0.386 e. The minimum absolute atomic E-state index is 0.200. The Balaban J connectivity index is 1.85. The number of halogens is 1. The lowest BCUT2D eigenvalue weighted by molar-refractivity contribution is 0.432. The number of aromatic nitrogens is 2. The van der Waals surface area contributed by atoms with Crippen LogP contribution < -0.4 is 5.73 Å². The number of hydrogen-bond donors (Lipinski definition) is 1. The first-order valence-electron chi connectivity index (χ1n) is 6.65. The SMILES string of the molecule is NC(CCl)=Nc1ccc(-c2nc(-c3ccccc3)no2)cc1. The number of nitrogens with zero attached hydrogens (tertiary/aromatic N) is 3.